The minimum atomic E-state index is -0.104. The van der Waals surface area contributed by atoms with Gasteiger partial charge in [0.2, 0.25) is 0 Å². The molecule has 1 aromatic rings. The highest BCUT2D eigenvalue weighted by Gasteiger charge is 2.35. The summed E-state index contributed by atoms with van der Waals surface area (Å²) in [6.45, 7) is 2.95. The van der Waals surface area contributed by atoms with Crippen molar-refractivity contribution in [1.82, 2.24) is 10.3 Å². The molecule has 4 nitrogen and oxygen atoms in total. The lowest BCUT2D eigenvalue weighted by Crippen LogP contribution is -2.41. The van der Waals surface area contributed by atoms with Gasteiger partial charge in [-0.25, -0.2) is 4.98 Å². The summed E-state index contributed by atoms with van der Waals surface area (Å²) < 4.78 is 0. The molecule has 1 fully saturated rings. The molecule has 1 aliphatic carbocycles. The first-order valence-corrected chi connectivity index (χ1v) is 6.52. The molecule has 2 rings (SSSR count). The second-order valence-electron chi connectivity index (χ2n) is 4.46. The summed E-state index contributed by atoms with van der Waals surface area (Å²) in [5.74, 6) is -0.104. The number of rotatable bonds is 4. The summed E-state index contributed by atoms with van der Waals surface area (Å²) in [6, 6.07) is 0. The van der Waals surface area contributed by atoms with Crippen molar-refractivity contribution in [1.29, 1.82) is 0 Å². The molecule has 0 unspecified atom stereocenters. The van der Waals surface area contributed by atoms with E-state index in [9.17, 15) is 4.79 Å². The first-order chi connectivity index (χ1) is 7.65. The molecular formula is C11H17N3OS. The van der Waals surface area contributed by atoms with Gasteiger partial charge in [0, 0.05) is 11.9 Å². The molecule has 0 aromatic carbocycles. The lowest BCUT2D eigenvalue weighted by Gasteiger charge is -2.41. The third-order valence-electron chi connectivity index (χ3n) is 3.54. The van der Waals surface area contributed by atoms with E-state index in [4.69, 9.17) is 5.73 Å². The Morgan fingerprint density at radius 3 is 2.88 bits per heavy atom. The maximum atomic E-state index is 11.7. The second-order valence-corrected chi connectivity index (χ2v) is 5.35. The van der Waals surface area contributed by atoms with Gasteiger partial charge in [-0.3, -0.25) is 4.79 Å². The predicted molar refractivity (Wildman–Crippen MR) is 65.4 cm³/mol. The smallest absolute Gasteiger partial charge is 0.270 e. The summed E-state index contributed by atoms with van der Waals surface area (Å²) in [6.07, 6.45) is 4.87. The van der Waals surface area contributed by atoms with E-state index in [1.807, 2.05) is 0 Å². The molecule has 0 atom stereocenters. The van der Waals surface area contributed by atoms with Crippen molar-refractivity contribution in [2.75, 3.05) is 12.3 Å². The van der Waals surface area contributed by atoms with Gasteiger partial charge in [-0.2, -0.15) is 0 Å². The number of carbonyl (C=O) groups is 1. The van der Waals surface area contributed by atoms with E-state index < -0.39 is 0 Å². The van der Waals surface area contributed by atoms with Gasteiger partial charge in [-0.05, 0) is 24.7 Å². The van der Waals surface area contributed by atoms with Gasteiger partial charge in [0.1, 0.15) is 5.69 Å². The Morgan fingerprint density at radius 1 is 1.69 bits per heavy atom. The van der Waals surface area contributed by atoms with E-state index >= 15 is 0 Å². The topological polar surface area (TPSA) is 68.0 Å². The Hall–Kier alpha value is -1.10. The van der Waals surface area contributed by atoms with Crippen LogP contribution in [-0.4, -0.2) is 17.4 Å². The van der Waals surface area contributed by atoms with Crippen LogP contribution in [0.3, 0.4) is 0 Å². The first kappa shape index (κ1) is 11.4. The van der Waals surface area contributed by atoms with E-state index in [-0.39, 0.29) is 5.91 Å². The number of amides is 1. The third-order valence-corrected chi connectivity index (χ3v) is 4.22. The van der Waals surface area contributed by atoms with Crippen molar-refractivity contribution in [3.63, 3.8) is 0 Å². The third kappa shape index (κ3) is 2.19. The fourth-order valence-corrected chi connectivity index (χ4v) is 2.63. The Kier molecular flexibility index (Phi) is 3.14. The minimum Gasteiger partial charge on any atom is -0.375 e. The van der Waals surface area contributed by atoms with Crippen molar-refractivity contribution in [2.45, 2.75) is 32.6 Å². The molecule has 1 amide bonds. The van der Waals surface area contributed by atoms with Crippen molar-refractivity contribution in [2.24, 2.45) is 5.41 Å². The molecular weight excluding hydrogens is 222 g/mol. The van der Waals surface area contributed by atoms with Crippen LogP contribution in [0, 0.1) is 5.41 Å². The monoisotopic (exact) mass is 239 g/mol. The van der Waals surface area contributed by atoms with Crippen LogP contribution in [0.15, 0.2) is 5.38 Å². The van der Waals surface area contributed by atoms with Crippen LogP contribution in [0.4, 0.5) is 5.13 Å². The number of anilines is 1. The van der Waals surface area contributed by atoms with Gasteiger partial charge >= 0.3 is 0 Å². The number of nitrogens with one attached hydrogen (secondary N) is 1. The Labute approximate surface area is 99.3 Å². The van der Waals surface area contributed by atoms with Crippen LogP contribution < -0.4 is 11.1 Å². The summed E-state index contributed by atoms with van der Waals surface area (Å²) in [5.41, 5.74) is 6.27. The van der Waals surface area contributed by atoms with Crippen LogP contribution in [0.1, 0.15) is 43.1 Å². The van der Waals surface area contributed by atoms with Crippen molar-refractivity contribution in [3.05, 3.63) is 11.1 Å². The molecule has 88 valence electrons. The molecule has 3 N–H and O–H groups in total. The minimum absolute atomic E-state index is 0.104. The Balaban J connectivity index is 1.88. The van der Waals surface area contributed by atoms with Crippen molar-refractivity contribution < 1.29 is 4.79 Å². The Morgan fingerprint density at radius 2 is 2.44 bits per heavy atom. The van der Waals surface area contributed by atoms with Crippen molar-refractivity contribution >= 4 is 22.4 Å². The summed E-state index contributed by atoms with van der Waals surface area (Å²) in [4.78, 5) is 15.7. The standard InChI is InChI=1S/C11H17N3OS/c1-2-11(4-3-5-11)7-13-9(15)8-6-16-10(12)14-8/h6H,2-5,7H2,1H3,(H2,12,14)(H,13,15). The van der Waals surface area contributed by atoms with Crippen LogP contribution in [0.25, 0.3) is 0 Å². The van der Waals surface area contributed by atoms with Crippen LogP contribution in [-0.2, 0) is 0 Å². The lowest BCUT2D eigenvalue weighted by atomic mass is 9.67. The van der Waals surface area contributed by atoms with E-state index in [2.05, 4.69) is 17.2 Å². The fraction of sp³-hybridized carbons (Fsp3) is 0.636. The molecule has 5 heteroatoms. The number of aromatic nitrogens is 1. The predicted octanol–water partition coefficient (Wildman–Crippen LogP) is 2.04. The fourth-order valence-electron chi connectivity index (χ4n) is 2.08. The van der Waals surface area contributed by atoms with E-state index in [0.29, 0.717) is 16.2 Å². The average Bonchev–Trinajstić information content (AvgIpc) is 2.64. The largest absolute Gasteiger partial charge is 0.375 e. The van der Waals surface area contributed by atoms with Crippen LogP contribution >= 0.6 is 11.3 Å². The summed E-state index contributed by atoms with van der Waals surface area (Å²) in [7, 11) is 0. The van der Waals surface area contributed by atoms with E-state index in [1.165, 1.54) is 30.6 Å². The number of thiazole rings is 1. The molecule has 1 saturated carbocycles. The average molecular weight is 239 g/mol. The van der Waals surface area contributed by atoms with E-state index in [0.717, 1.165) is 13.0 Å². The number of hydrogen-bond donors (Lipinski definition) is 2. The maximum Gasteiger partial charge on any atom is 0.270 e. The SMILES string of the molecule is CCC1(CNC(=O)c2csc(N)n2)CCC1. The highest BCUT2D eigenvalue weighted by Crippen LogP contribution is 2.43. The molecule has 0 saturated heterocycles. The summed E-state index contributed by atoms with van der Waals surface area (Å²) in [5, 5.41) is 5.10. The number of nitrogen functional groups attached to an aromatic ring is 1. The lowest BCUT2D eigenvalue weighted by molar-refractivity contribution is 0.0846. The van der Waals surface area contributed by atoms with Gasteiger partial charge < -0.3 is 11.1 Å². The normalized spacial score (nSPS) is 17.8. The van der Waals surface area contributed by atoms with Gasteiger partial charge in [0.25, 0.3) is 5.91 Å². The zero-order chi connectivity index (χ0) is 11.6. The molecule has 16 heavy (non-hydrogen) atoms. The van der Waals surface area contributed by atoms with Gasteiger partial charge in [-0.15, -0.1) is 11.3 Å². The van der Waals surface area contributed by atoms with Crippen LogP contribution in [0.2, 0.25) is 0 Å². The van der Waals surface area contributed by atoms with E-state index in [1.54, 1.807) is 5.38 Å². The maximum absolute atomic E-state index is 11.7. The zero-order valence-electron chi connectivity index (χ0n) is 9.45. The van der Waals surface area contributed by atoms with Gasteiger partial charge in [-0.1, -0.05) is 13.3 Å². The summed E-state index contributed by atoms with van der Waals surface area (Å²) >= 11 is 1.30. The first-order valence-electron chi connectivity index (χ1n) is 5.64. The number of nitrogens with two attached hydrogens (primary N) is 1. The van der Waals surface area contributed by atoms with Crippen LogP contribution in [0.5, 0.6) is 0 Å². The number of nitrogens with zero attached hydrogens (tertiary/aromatic N) is 1. The highest BCUT2D eigenvalue weighted by molar-refractivity contribution is 7.13. The van der Waals surface area contributed by atoms with Gasteiger partial charge in [0.15, 0.2) is 5.13 Å². The molecule has 1 aliphatic rings. The highest BCUT2D eigenvalue weighted by atomic mass is 32.1. The molecule has 0 bridgehead atoms. The second kappa shape index (κ2) is 4.41. The quantitative estimate of drug-likeness (QED) is 0.844. The number of carbonyl (C=O) groups excluding carboxylic acids is 1. The van der Waals surface area contributed by atoms with Gasteiger partial charge in [0.05, 0.1) is 0 Å². The molecule has 0 aliphatic heterocycles. The zero-order valence-corrected chi connectivity index (χ0v) is 10.3. The molecule has 0 spiro atoms. The molecule has 0 radical (unpaired) electrons. The molecule has 1 heterocycles. The molecule has 1 aromatic heterocycles. The number of hydrogen-bond acceptors (Lipinski definition) is 4. The Bertz CT molecular complexity index is 379. The van der Waals surface area contributed by atoms with Crippen molar-refractivity contribution in [3.8, 4) is 0 Å².